The number of hydrogen-bond donors (Lipinski definition) is 1. The predicted molar refractivity (Wildman–Crippen MR) is 92.1 cm³/mol. The topological polar surface area (TPSA) is 24.5 Å². The molecule has 3 nitrogen and oxygen atoms in total. The van der Waals surface area contributed by atoms with E-state index in [1.165, 1.54) is 5.56 Å². The summed E-state index contributed by atoms with van der Waals surface area (Å²) in [7, 11) is 0. The first-order chi connectivity index (χ1) is 9.97. The third-order valence-corrected chi connectivity index (χ3v) is 4.21. The van der Waals surface area contributed by atoms with Gasteiger partial charge in [-0.05, 0) is 11.0 Å². The van der Waals surface area contributed by atoms with E-state index in [0.29, 0.717) is 0 Å². The van der Waals surface area contributed by atoms with Crippen molar-refractivity contribution in [2.45, 2.75) is 26.2 Å². The van der Waals surface area contributed by atoms with E-state index < -0.39 is 0 Å². The van der Waals surface area contributed by atoms with Crippen LogP contribution in [-0.2, 0) is 10.2 Å². The van der Waals surface area contributed by atoms with Crippen molar-refractivity contribution in [3.63, 3.8) is 0 Å². The van der Waals surface area contributed by atoms with Gasteiger partial charge in [-0.15, -0.1) is 0 Å². The molecule has 0 aromatic heterocycles. The highest BCUT2D eigenvalue weighted by Crippen LogP contribution is 2.22. The molecular weight excluding hydrogens is 280 g/mol. The van der Waals surface area contributed by atoms with Crippen molar-refractivity contribution in [2.75, 3.05) is 39.4 Å². The Morgan fingerprint density at radius 2 is 1.81 bits per heavy atom. The molecule has 21 heavy (non-hydrogen) atoms. The fourth-order valence-electron chi connectivity index (χ4n) is 2.38. The zero-order valence-corrected chi connectivity index (χ0v) is 14.1. The minimum atomic E-state index is 0.184. The van der Waals surface area contributed by atoms with Crippen molar-refractivity contribution in [3.05, 3.63) is 35.4 Å². The first-order valence-electron chi connectivity index (χ1n) is 7.66. The molecule has 2 rings (SSSR count). The summed E-state index contributed by atoms with van der Waals surface area (Å²) in [6.07, 6.45) is 0. The van der Waals surface area contributed by atoms with E-state index in [1.54, 1.807) is 0 Å². The average Bonchev–Trinajstić information content (AvgIpc) is 2.47. The highest BCUT2D eigenvalue weighted by atomic mass is 32.1. The molecule has 0 aliphatic carbocycles. The summed E-state index contributed by atoms with van der Waals surface area (Å²) >= 11 is 5.47. The lowest BCUT2D eigenvalue weighted by Gasteiger charge is -2.26. The molecule has 1 aromatic rings. The molecule has 1 fully saturated rings. The fraction of sp³-hybridized carbons (Fsp3) is 0.588. The second kappa shape index (κ2) is 7.34. The van der Waals surface area contributed by atoms with Gasteiger partial charge >= 0.3 is 0 Å². The zero-order chi connectivity index (χ0) is 15.3. The van der Waals surface area contributed by atoms with Gasteiger partial charge in [-0.2, -0.15) is 0 Å². The molecule has 116 valence electrons. The van der Waals surface area contributed by atoms with Gasteiger partial charge in [0.1, 0.15) is 4.99 Å². The number of benzene rings is 1. The van der Waals surface area contributed by atoms with Gasteiger partial charge in [0.05, 0.1) is 13.2 Å². The van der Waals surface area contributed by atoms with Crippen LogP contribution in [0.2, 0.25) is 0 Å². The van der Waals surface area contributed by atoms with E-state index >= 15 is 0 Å². The van der Waals surface area contributed by atoms with Crippen LogP contribution in [0.15, 0.2) is 24.3 Å². The van der Waals surface area contributed by atoms with Crippen LogP contribution in [0.1, 0.15) is 31.9 Å². The molecule has 1 aliphatic heterocycles. The highest BCUT2D eigenvalue weighted by Gasteiger charge is 2.13. The number of nitrogens with zero attached hydrogens (tertiary/aromatic N) is 1. The molecule has 1 aliphatic rings. The van der Waals surface area contributed by atoms with Crippen molar-refractivity contribution in [3.8, 4) is 0 Å². The van der Waals surface area contributed by atoms with Crippen LogP contribution in [0.4, 0.5) is 0 Å². The van der Waals surface area contributed by atoms with Crippen molar-refractivity contribution in [2.24, 2.45) is 0 Å². The Balaban J connectivity index is 1.80. The lowest BCUT2D eigenvalue weighted by molar-refractivity contribution is 0.0389. The average molecular weight is 306 g/mol. The maximum atomic E-state index is 5.47. The van der Waals surface area contributed by atoms with Gasteiger partial charge in [0.15, 0.2) is 0 Å². The van der Waals surface area contributed by atoms with Crippen LogP contribution in [0.5, 0.6) is 0 Å². The van der Waals surface area contributed by atoms with E-state index in [2.05, 4.69) is 55.3 Å². The van der Waals surface area contributed by atoms with Gasteiger partial charge in [0.2, 0.25) is 0 Å². The summed E-state index contributed by atoms with van der Waals surface area (Å²) < 4.78 is 5.35. The van der Waals surface area contributed by atoms with E-state index in [-0.39, 0.29) is 5.41 Å². The second-order valence-electron chi connectivity index (χ2n) is 6.54. The summed E-state index contributed by atoms with van der Waals surface area (Å²) in [5, 5.41) is 3.35. The third-order valence-electron chi connectivity index (χ3n) is 3.83. The van der Waals surface area contributed by atoms with Crippen LogP contribution in [-0.4, -0.2) is 49.3 Å². The van der Waals surface area contributed by atoms with Gasteiger partial charge < -0.3 is 10.1 Å². The molecule has 1 heterocycles. The highest BCUT2D eigenvalue weighted by molar-refractivity contribution is 7.80. The lowest BCUT2D eigenvalue weighted by atomic mass is 9.87. The van der Waals surface area contributed by atoms with Crippen LogP contribution >= 0.6 is 12.2 Å². The minimum absolute atomic E-state index is 0.184. The van der Waals surface area contributed by atoms with Gasteiger partial charge in [-0.3, -0.25) is 4.90 Å². The Kier molecular flexibility index (Phi) is 5.73. The molecule has 0 saturated carbocycles. The smallest absolute Gasteiger partial charge is 0.106 e. The Labute approximate surface area is 133 Å². The van der Waals surface area contributed by atoms with Crippen LogP contribution in [0.3, 0.4) is 0 Å². The Morgan fingerprint density at radius 3 is 2.38 bits per heavy atom. The largest absolute Gasteiger partial charge is 0.379 e. The summed E-state index contributed by atoms with van der Waals surface area (Å²) in [4.78, 5) is 3.24. The van der Waals surface area contributed by atoms with Crippen LogP contribution in [0.25, 0.3) is 0 Å². The third kappa shape index (κ3) is 5.06. The van der Waals surface area contributed by atoms with Gasteiger partial charge in [0.25, 0.3) is 0 Å². The fourth-order valence-corrected chi connectivity index (χ4v) is 2.61. The number of morpholine rings is 1. The molecular formula is C17H26N2OS. The molecule has 0 radical (unpaired) electrons. The Hall–Kier alpha value is -0.970. The van der Waals surface area contributed by atoms with Gasteiger partial charge in [0, 0.05) is 31.7 Å². The first kappa shape index (κ1) is 16.4. The van der Waals surface area contributed by atoms with E-state index in [9.17, 15) is 0 Å². The normalized spacial score (nSPS) is 16.7. The molecule has 1 saturated heterocycles. The summed E-state index contributed by atoms with van der Waals surface area (Å²) in [5.74, 6) is 0. The zero-order valence-electron chi connectivity index (χ0n) is 13.3. The summed E-state index contributed by atoms with van der Waals surface area (Å²) in [5.41, 5.74) is 2.62. The molecule has 0 atom stereocenters. The first-order valence-corrected chi connectivity index (χ1v) is 8.06. The molecule has 0 bridgehead atoms. The molecule has 1 aromatic carbocycles. The van der Waals surface area contributed by atoms with Crippen molar-refractivity contribution in [1.29, 1.82) is 0 Å². The SMILES string of the molecule is CC(C)(C)c1ccc(C(=S)NCCN2CCOCC2)cc1. The van der Waals surface area contributed by atoms with Crippen LogP contribution in [0, 0.1) is 0 Å². The maximum absolute atomic E-state index is 5.47. The lowest BCUT2D eigenvalue weighted by Crippen LogP contribution is -2.41. The number of ether oxygens (including phenoxy) is 1. The minimum Gasteiger partial charge on any atom is -0.379 e. The van der Waals surface area contributed by atoms with Crippen molar-refractivity contribution >= 4 is 17.2 Å². The quantitative estimate of drug-likeness (QED) is 0.864. The standard InChI is InChI=1S/C17H26N2OS/c1-17(2,3)15-6-4-14(5-7-15)16(21)18-8-9-19-10-12-20-13-11-19/h4-7H,8-13H2,1-3H3,(H,18,21). The van der Waals surface area contributed by atoms with Crippen molar-refractivity contribution in [1.82, 2.24) is 10.2 Å². The maximum Gasteiger partial charge on any atom is 0.106 e. The number of nitrogens with one attached hydrogen (secondary N) is 1. The summed E-state index contributed by atoms with van der Waals surface area (Å²) in [6.45, 7) is 12.3. The monoisotopic (exact) mass is 306 g/mol. The molecule has 0 spiro atoms. The Morgan fingerprint density at radius 1 is 1.19 bits per heavy atom. The second-order valence-corrected chi connectivity index (χ2v) is 6.95. The van der Waals surface area contributed by atoms with E-state index in [4.69, 9.17) is 17.0 Å². The Bertz CT molecular complexity index is 459. The molecule has 0 unspecified atom stereocenters. The number of rotatable bonds is 4. The van der Waals surface area contributed by atoms with Crippen molar-refractivity contribution < 1.29 is 4.74 Å². The molecule has 4 heteroatoms. The number of thiocarbonyl (C=S) groups is 1. The number of hydrogen-bond acceptors (Lipinski definition) is 3. The van der Waals surface area contributed by atoms with Gasteiger partial charge in [-0.1, -0.05) is 57.3 Å². The van der Waals surface area contributed by atoms with Gasteiger partial charge in [-0.25, -0.2) is 0 Å². The molecule has 0 amide bonds. The van der Waals surface area contributed by atoms with Crippen LogP contribution < -0.4 is 5.32 Å². The summed E-state index contributed by atoms with van der Waals surface area (Å²) in [6, 6.07) is 8.58. The van der Waals surface area contributed by atoms with E-state index in [0.717, 1.165) is 49.9 Å². The molecule has 1 N–H and O–H groups in total. The predicted octanol–water partition coefficient (Wildman–Crippen LogP) is 2.58. The van der Waals surface area contributed by atoms with E-state index in [1.807, 2.05) is 0 Å².